The van der Waals surface area contributed by atoms with E-state index in [-0.39, 0.29) is 5.91 Å². The first kappa shape index (κ1) is 20.3. The monoisotopic (exact) mass is 413 g/mol. The van der Waals surface area contributed by atoms with Crippen LogP contribution in [0.1, 0.15) is 15.9 Å². The van der Waals surface area contributed by atoms with Crippen molar-refractivity contribution in [2.45, 2.75) is 6.61 Å². The summed E-state index contributed by atoms with van der Waals surface area (Å²) in [6, 6.07) is 26.7. The minimum atomic E-state index is -0.209. The highest BCUT2D eigenvalue weighted by Gasteiger charge is 2.10. The lowest BCUT2D eigenvalue weighted by molar-refractivity contribution is 0.102. The molecular formula is C26H23NO4. The van der Waals surface area contributed by atoms with E-state index in [2.05, 4.69) is 17.4 Å². The maximum absolute atomic E-state index is 12.7. The van der Waals surface area contributed by atoms with Crippen LogP contribution in [0.5, 0.6) is 17.2 Å². The average Bonchev–Trinajstić information content (AvgIpc) is 2.82. The quantitative estimate of drug-likeness (QED) is 0.423. The van der Waals surface area contributed by atoms with E-state index in [1.54, 1.807) is 38.5 Å². The number of amides is 1. The van der Waals surface area contributed by atoms with Crippen molar-refractivity contribution in [1.29, 1.82) is 0 Å². The van der Waals surface area contributed by atoms with Gasteiger partial charge in [-0.3, -0.25) is 4.79 Å². The van der Waals surface area contributed by atoms with Gasteiger partial charge in [-0.2, -0.15) is 0 Å². The average molecular weight is 413 g/mol. The fourth-order valence-electron chi connectivity index (χ4n) is 3.40. The molecular weight excluding hydrogens is 390 g/mol. The molecule has 0 saturated carbocycles. The van der Waals surface area contributed by atoms with Gasteiger partial charge in [0.2, 0.25) is 0 Å². The van der Waals surface area contributed by atoms with Gasteiger partial charge in [-0.1, -0.05) is 48.5 Å². The van der Waals surface area contributed by atoms with Crippen molar-refractivity contribution in [2.24, 2.45) is 0 Å². The number of carbonyl (C=O) groups is 1. The van der Waals surface area contributed by atoms with Gasteiger partial charge in [0.1, 0.15) is 12.4 Å². The third-order valence-corrected chi connectivity index (χ3v) is 4.97. The van der Waals surface area contributed by atoms with Crippen molar-refractivity contribution in [2.75, 3.05) is 19.5 Å². The molecule has 1 amide bonds. The highest BCUT2D eigenvalue weighted by Crippen LogP contribution is 2.30. The van der Waals surface area contributed by atoms with Crippen LogP contribution in [-0.2, 0) is 6.61 Å². The summed E-state index contributed by atoms with van der Waals surface area (Å²) in [4.78, 5) is 12.7. The first-order valence-corrected chi connectivity index (χ1v) is 9.91. The molecule has 0 aliphatic rings. The number of benzene rings is 4. The van der Waals surface area contributed by atoms with Gasteiger partial charge in [0.05, 0.1) is 14.2 Å². The van der Waals surface area contributed by atoms with Crippen molar-refractivity contribution in [3.05, 3.63) is 96.1 Å². The summed E-state index contributed by atoms with van der Waals surface area (Å²) in [5.74, 6) is 1.77. The Morgan fingerprint density at radius 3 is 2.39 bits per heavy atom. The Bertz CT molecular complexity index is 1210. The van der Waals surface area contributed by atoms with Crippen molar-refractivity contribution in [3.8, 4) is 17.2 Å². The molecule has 156 valence electrons. The highest BCUT2D eigenvalue weighted by molar-refractivity contribution is 6.04. The number of carbonyl (C=O) groups excluding carboxylic acids is 1. The zero-order chi connectivity index (χ0) is 21.6. The molecule has 0 aliphatic heterocycles. The maximum Gasteiger partial charge on any atom is 0.255 e. The molecule has 31 heavy (non-hydrogen) atoms. The van der Waals surface area contributed by atoms with Crippen LogP contribution in [0.25, 0.3) is 10.8 Å². The lowest BCUT2D eigenvalue weighted by atomic mass is 10.1. The Labute approximate surface area is 181 Å². The smallest absolute Gasteiger partial charge is 0.255 e. The first-order chi connectivity index (χ1) is 15.2. The van der Waals surface area contributed by atoms with Crippen molar-refractivity contribution in [3.63, 3.8) is 0 Å². The van der Waals surface area contributed by atoms with E-state index in [9.17, 15) is 4.79 Å². The molecule has 0 aliphatic carbocycles. The van der Waals surface area contributed by atoms with Gasteiger partial charge < -0.3 is 19.5 Å². The van der Waals surface area contributed by atoms with Gasteiger partial charge in [0.25, 0.3) is 5.91 Å². The van der Waals surface area contributed by atoms with Crippen LogP contribution in [-0.4, -0.2) is 20.1 Å². The number of nitrogens with one attached hydrogen (secondary N) is 1. The molecule has 0 atom stereocenters. The van der Waals surface area contributed by atoms with E-state index in [1.807, 2.05) is 48.5 Å². The maximum atomic E-state index is 12.7. The molecule has 4 rings (SSSR count). The first-order valence-electron chi connectivity index (χ1n) is 9.91. The van der Waals surface area contributed by atoms with Gasteiger partial charge in [-0.15, -0.1) is 0 Å². The van der Waals surface area contributed by atoms with E-state index in [4.69, 9.17) is 14.2 Å². The third-order valence-electron chi connectivity index (χ3n) is 4.97. The van der Waals surface area contributed by atoms with Crippen LogP contribution in [0.4, 0.5) is 5.69 Å². The summed E-state index contributed by atoms with van der Waals surface area (Å²) in [5.41, 5.74) is 2.08. The molecule has 0 aromatic heterocycles. The third kappa shape index (κ3) is 4.61. The largest absolute Gasteiger partial charge is 0.493 e. The van der Waals surface area contributed by atoms with Crippen molar-refractivity contribution < 1.29 is 19.0 Å². The Morgan fingerprint density at radius 1 is 0.774 bits per heavy atom. The number of methoxy groups -OCH3 is 2. The Hall–Kier alpha value is -3.99. The normalized spacial score (nSPS) is 10.5. The predicted octanol–water partition coefficient (Wildman–Crippen LogP) is 5.69. The molecule has 5 heteroatoms. The summed E-state index contributed by atoms with van der Waals surface area (Å²) in [5, 5.41) is 5.08. The minimum Gasteiger partial charge on any atom is -0.493 e. The summed E-state index contributed by atoms with van der Waals surface area (Å²) in [6.07, 6.45) is 0. The van der Waals surface area contributed by atoms with E-state index in [0.29, 0.717) is 29.4 Å². The standard InChI is InChI=1S/C26H23NO4/c1-29-24-14-13-21(16-25(24)30-2)27-26(28)20-10-5-7-18(15-20)17-31-23-12-6-9-19-8-3-4-11-22(19)23/h3-16H,17H2,1-2H3,(H,27,28). The number of anilines is 1. The molecule has 4 aromatic rings. The lowest BCUT2D eigenvalue weighted by Crippen LogP contribution is -2.12. The number of fused-ring (bicyclic) bond motifs is 1. The van der Waals surface area contributed by atoms with Gasteiger partial charge in [-0.05, 0) is 41.3 Å². The van der Waals surface area contributed by atoms with Gasteiger partial charge in [-0.25, -0.2) is 0 Å². The molecule has 4 aromatic carbocycles. The second-order valence-electron chi connectivity index (χ2n) is 6.99. The van der Waals surface area contributed by atoms with Crippen LogP contribution in [0.15, 0.2) is 84.9 Å². The lowest BCUT2D eigenvalue weighted by Gasteiger charge is -2.12. The number of ether oxygens (including phenoxy) is 3. The summed E-state index contributed by atoms with van der Waals surface area (Å²) >= 11 is 0. The minimum absolute atomic E-state index is 0.209. The van der Waals surface area contributed by atoms with Crippen LogP contribution in [0, 0.1) is 0 Å². The predicted molar refractivity (Wildman–Crippen MR) is 122 cm³/mol. The van der Waals surface area contributed by atoms with Gasteiger partial charge in [0.15, 0.2) is 11.5 Å². The molecule has 0 unspecified atom stereocenters. The van der Waals surface area contributed by atoms with Crippen molar-refractivity contribution >= 4 is 22.4 Å². The van der Waals surface area contributed by atoms with Crippen LogP contribution < -0.4 is 19.5 Å². The second-order valence-corrected chi connectivity index (χ2v) is 6.99. The molecule has 5 nitrogen and oxygen atoms in total. The van der Waals surface area contributed by atoms with Crippen molar-refractivity contribution in [1.82, 2.24) is 0 Å². The summed E-state index contributed by atoms with van der Waals surface area (Å²) in [6.45, 7) is 0.367. The Balaban J connectivity index is 1.47. The molecule has 0 heterocycles. The molecule has 0 bridgehead atoms. The second kappa shape index (κ2) is 9.22. The number of hydrogen-bond donors (Lipinski definition) is 1. The van der Waals surface area contributed by atoms with E-state index in [1.165, 1.54) is 0 Å². The number of rotatable bonds is 7. The van der Waals surface area contributed by atoms with Gasteiger partial charge in [0, 0.05) is 22.7 Å². The zero-order valence-corrected chi connectivity index (χ0v) is 17.4. The fourth-order valence-corrected chi connectivity index (χ4v) is 3.40. The fraction of sp³-hybridized carbons (Fsp3) is 0.115. The topological polar surface area (TPSA) is 56.8 Å². The molecule has 0 spiro atoms. The summed E-state index contributed by atoms with van der Waals surface area (Å²) < 4.78 is 16.6. The van der Waals surface area contributed by atoms with Crippen LogP contribution in [0.2, 0.25) is 0 Å². The molecule has 0 radical (unpaired) electrons. The Morgan fingerprint density at radius 2 is 1.55 bits per heavy atom. The Kier molecular flexibility index (Phi) is 6.03. The van der Waals surface area contributed by atoms with Crippen LogP contribution in [0.3, 0.4) is 0 Å². The van der Waals surface area contributed by atoms with Crippen LogP contribution >= 0.6 is 0 Å². The summed E-state index contributed by atoms with van der Waals surface area (Å²) in [7, 11) is 3.13. The zero-order valence-electron chi connectivity index (χ0n) is 17.4. The molecule has 0 saturated heterocycles. The van der Waals surface area contributed by atoms with Gasteiger partial charge >= 0.3 is 0 Å². The highest BCUT2D eigenvalue weighted by atomic mass is 16.5. The van der Waals surface area contributed by atoms with E-state index < -0.39 is 0 Å². The SMILES string of the molecule is COc1ccc(NC(=O)c2cccc(COc3cccc4ccccc34)c2)cc1OC. The van der Waals surface area contributed by atoms with E-state index >= 15 is 0 Å². The van der Waals surface area contributed by atoms with E-state index in [0.717, 1.165) is 22.1 Å². The molecule has 0 fully saturated rings. The molecule has 1 N–H and O–H groups in total. The number of hydrogen-bond acceptors (Lipinski definition) is 4.